The molecule has 98 valence electrons. The average molecular weight is 276 g/mol. The summed E-state index contributed by atoms with van der Waals surface area (Å²) in [5.41, 5.74) is 4.14. The van der Waals surface area contributed by atoms with Crippen LogP contribution in [0.3, 0.4) is 0 Å². The van der Waals surface area contributed by atoms with Crippen LogP contribution in [0.25, 0.3) is 11.0 Å². The number of aromatic nitrogens is 3. The number of aryl methyl sites for hydroxylation is 2. The van der Waals surface area contributed by atoms with E-state index in [1.54, 1.807) is 0 Å². The number of benzene rings is 1. The van der Waals surface area contributed by atoms with Crippen molar-refractivity contribution in [1.82, 2.24) is 14.7 Å². The fourth-order valence-electron chi connectivity index (χ4n) is 2.34. The Labute approximate surface area is 116 Å². The molecule has 0 saturated heterocycles. The van der Waals surface area contributed by atoms with Gasteiger partial charge in [0.15, 0.2) is 0 Å². The first-order valence-corrected chi connectivity index (χ1v) is 6.65. The van der Waals surface area contributed by atoms with Gasteiger partial charge >= 0.3 is 0 Å². The Morgan fingerprint density at radius 2 is 2.16 bits per heavy atom. The van der Waals surface area contributed by atoms with Crippen molar-refractivity contribution in [1.29, 1.82) is 0 Å². The van der Waals surface area contributed by atoms with Crippen LogP contribution in [0.2, 0.25) is 0 Å². The maximum Gasteiger partial charge on any atom is 0.133 e. The smallest absolute Gasteiger partial charge is 0.133 e. The second-order valence-electron chi connectivity index (χ2n) is 4.62. The quantitative estimate of drug-likeness (QED) is 0.688. The van der Waals surface area contributed by atoms with Crippen LogP contribution in [-0.2, 0) is 12.4 Å². The van der Waals surface area contributed by atoms with Crippen LogP contribution < -0.4 is 0 Å². The first kappa shape index (κ1) is 12.2. The molecule has 2 heterocycles. The van der Waals surface area contributed by atoms with E-state index >= 15 is 0 Å². The van der Waals surface area contributed by atoms with E-state index in [2.05, 4.69) is 27.7 Å². The fourth-order valence-corrected chi connectivity index (χ4v) is 2.54. The van der Waals surface area contributed by atoms with Crippen molar-refractivity contribution in [2.75, 3.05) is 0 Å². The van der Waals surface area contributed by atoms with Gasteiger partial charge < -0.3 is 9.09 Å². The lowest BCUT2D eigenvalue weighted by molar-refractivity contribution is 0.389. The van der Waals surface area contributed by atoms with Gasteiger partial charge in [-0.15, -0.1) is 11.6 Å². The predicted octanol–water partition coefficient (Wildman–Crippen LogP) is 3.43. The van der Waals surface area contributed by atoms with E-state index in [1.807, 2.05) is 25.1 Å². The second kappa shape index (κ2) is 4.70. The number of halogens is 1. The molecule has 5 heteroatoms. The highest BCUT2D eigenvalue weighted by Crippen LogP contribution is 2.22. The molecule has 0 unspecified atom stereocenters. The zero-order valence-corrected chi connectivity index (χ0v) is 11.6. The number of fused-ring (bicyclic) bond motifs is 1. The number of nitrogens with zero attached hydrogens (tertiary/aromatic N) is 3. The van der Waals surface area contributed by atoms with Crippen LogP contribution in [0.4, 0.5) is 0 Å². The van der Waals surface area contributed by atoms with Gasteiger partial charge in [0.1, 0.15) is 17.3 Å². The maximum atomic E-state index is 6.00. The van der Waals surface area contributed by atoms with Gasteiger partial charge in [-0.1, -0.05) is 17.3 Å². The summed E-state index contributed by atoms with van der Waals surface area (Å²) in [7, 11) is 0. The second-order valence-corrected chi connectivity index (χ2v) is 4.89. The van der Waals surface area contributed by atoms with Crippen molar-refractivity contribution < 1.29 is 4.52 Å². The fraction of sp³-hybridized carbons (Fsp3) is 0.286. The molecule has 0 spiro atoms. The highest BCUT2D eigenvalue weighted by molar-refractivity contribution is 6.16. The number of alkyl halides is 1. The predicted molar refractivity (Wildman–Crippen MR) is 74.4 cm³/mol. The van der Waals surface area contributed by atoms with Gasteiger partial charge in [-0.3, -0.25) is 0 Å². The molecule has 19 heavy (non-hydrogen) atoms. The van der Waals surface area contributed by atoms with Gasteiger partial charge in [0.05, 0.1) is 23.5 Å². The van der Waals surface area contributed by atoms with E-state index in [0.29, 0.717) is 12.4 Å². The number of hydrogen-bond donors (Lipinski definition) is 0. The molecule has 0 atom stereocenters. The van der Waals surface area contributed by atoms with Gasteiger partial charge in [0.25, 0.3) is 0 Å². The van der Waals surface area contributed by atoms with Crippen LogP contribution in [0.15, 0.2) is 28.8 Å². The molecule has 0 aliphatic heterocycles. The Morgan fingerprint density at radius 1 is 1.32 bits per heavy atom. The number of hydrogen-bond acceptors (Lipinski definition) is 3. The topological polar surface area (TPSA) is 43.9 Å². The molecule has 0 fully saturated rings. The molecule has 2 aromatic heterocycles. The number of rotatable bonds is 3. The van der Waals surface area contributed by atoms with E-state index in [1.165, 1.54) is 5.56 Å². The monoisotopic (exact) mass is 275 g/mol. The van der Waals surface area contributed by atoms with E-state index in [4.69, 9.17) is 16.1 Å². The number of para-hydroxylation sites is 1. The Bertz CT molecular complexity index is 729. The third-order valence-corrected chi connectivity index (χ3v) is 3.40. The third kappa shape index (κ3) is 2.12. The zero-order valence-electron chi connectivity index (χ0n) is 10.9. The molecule has 0 radical (unpaired) electrons. The van der Waals surface area contributed by atoms with Crippen LogP contribution in [0.1, 0.15) is 22.8 Å². The summed E-state index contributed by atoms with van der Waals surface area (Å²) in [6.45, 7) is 4.59. The van der Waals surface area contributed by atoms with Crippen LogP contribution in [0.5, 0.6) is 0 Å². The summed E-state index contributed by atoms with van der Waals surface area (Å²) >= 11 is 6.00. The van der Waals surface area contributed by atoms with E-state index in [9.17, 15) is 0 Å². The lowest BCUT2D eigenvalue weighted by Gasteiger charge is -2.06. The molecular formula is C14H14ClN3O. The summed E-state index contributed by atoms with van der Waals surface area (Å²) in [6, 6.07) is 8.02. The lowest BCUT2D eigenvalue weighted by atomic mass is 10.2. The van der Waals surface area contributed by atoms with E-state index < -0.39 is 0 Å². The Kier molecular flexibility index (Phi) is 3.03. The van der Waals surface area contributed by atoms with Gasteiger partial charge in [0, 0.05) is 6.07 Å². The molecule has 0 aliphatic rings. The molecular weight excluding hydrogens is 262 g/mol. The highest BCUT2D eigenvalue weighted by Gasteiger charge is 2.13. The van der Waals surface area contributed by atoms with Gasteiger partial charge in [-0.25, -0.2) is 4.98 Å². The zero-order chi connectivity index (χ0) is 13.4. The lowest BCUT2D eigenvalue weighted by Crippen LogP contribution is -2.04. The van der Waals surface area contributed by atoms with Crippen molar-refractivity contribution in [3.8, 4) is 0 Å². The first-order valence-electron chi connectivity index (χ1n) is 6.12. The van der Waals surface area contributed by atoms with Crippen LogP contribution >= 0.6 is 11.6 Å². The third-order valence-electron chi connectivity index (χ3n) is 3.16. The summed E-state index contributed by atoms with van der Waals surface area (Å²) < 4.78 is 7.22. The van der Waals surface area contributed by atoms with Crippen LogP contribution in [0, 0.1) is 13.8 Å². The van der Waals surface area contributed by atoms with Gasteiger partial charge in [-0.2, -0.15) is 0 Å². The number of imidazole rings is 1. The SMILES string of the molecule is Cc1cc(Cn2c(CCl)nc3cccc(C)c32)no1. The van der Waals surface area contributed by atoms with Crippen molar-refractivity contribution in [2.24, 2.45) is 0 Å². The van der Waals surface area contributed by atoms with Crippen molar-refractivity contribution >= 4 is 22.6 Å². The first-order chi connectivity index (χ1) is 9.19. The van der Waals surface area contributed by atoms with Crippen molar-refractivity contribution in [3.05, 3.63) is 47.1 Å². The standard InChI is InChI=1S/C14H14ClN3O/c1-9-4-3-5-12-14(9)18(13(7-15)16-12)8-11-6-10(2)19-17-11/h3-6H,7-8H2,1-2H3. The highest BCUT2D eigenvalue weighted by atomic mass is 35.5. The Hall–Kier alpha value is -1.81. The molecule has 4 nitrogen and oxygen atoms in total. The summed E-state index contributed by atoms with van der Waals surface area (Å²) in [5.74, 6) is 2.04. The minimum absolute atomic E-state index is 0.380. The van der Waals surface area contributed by atoms with Crippen LogP contribution in [-0.4, -0.2) is 14.7 Å². The molecule has 0 bridgehead atoms. The Balaban J connectivity index is 2.15. The molecule has 0 saturated carbocycles. The molecule has 0 aliphatic carbocycles. The minimum Gasteiger partial charge on any atom is -0.361 e. The summed E-state index contributed by atoms with van der Waals surface area (Å²) in [4.78, 5) is 4.57. The molecule has 0 N–H and O–H groups in total. The van der Waals surface area contributed by atoms with Gasteiger partial charge in [0.2, 0.25) is 0 Å². The van der Waals surface area contributed by atoms with Gasteiger partial charge in [-0.05, 0) is 25.5 Å². The summed E-state index contributed by atoms with van der Waals surface area (Å²) in [5, 5.41) is 4.04. The largest absolute Gasteiger partial charge is 0.361 e. The molecule has 3 aromatic rings. The van der Waals surface area contributed by atoms with E-state index in [0.717, 1.165) is 28.3 Å². The van der Waals surface area contributed by atoms with E-state index in [-0.39, 0.29) is 0 Å². The molecule has 3 rings (SSSR count). The minimum atomic E-state index is 0.380. The van der Waals surface area contributed by atoms with Crippen molar-refractivity contribution in [2.45, 2.75) is 26.3 Å². The average Bonchev–Trinajstić information content (AvgIpc) is 2.95. The van der Waals surface area contributed by atoms with Crippen molar-refractivity contribution in [3.63, 3.8) is 0 Å². The maximum absolute atomic E-state index is 6.00. The normalized spacial score (nSPS) is 11.3. The molecule has 1 aromatic carbocycles. The summed E-state index contributed by atoms with van der Waals surface area (Å²) in [6.07, 6.45) is 0. The molecule has 0 amide bonds. The Morgan fingerprint density at radius 3 is 2.84 bits per heavy atom.